The van der Waals surface area contributed by atoms with Gasteiger partial charge in [0.25, 0.3) is 11.8 Å². The van der Waals surface area contributed by atoms with Crippen LogP contribution < -0.4 is 10.6 Å². The summed E-state index contributed by atoms with van der Waals surface area (Å²) < 4.78 is 23.5. The van der Waals surface area contributed by atoms with E-state index in [0.717, 1.165) is 41.7 Å². The predicted molar refractivity (Wildman–Crippen MR) is 115 cm³/mol. The van der Waals surface area contributed by atoms with Crippen molar-refractivity contribution in [2.24, 2.45) is 0 Å². The zero-order valence-electron chi connectivity index (χ0n) is 16.3. The summed E-state index contributed by atoms with van der Waals surface area (Å²) in [6, 6.07) is 6.92. The maximum absolute atomic E-state index is 13.1. The van der Waals surface area contributed by atoms with Crippen LogP contribution in [-0.2, 0) is 22.7 Å². The zero-order valence-corrected chi connectivity index (χ0v) is 17.9. The molecule has 4 rings (SSSR count). The zero-order chi connectivity index (χ0) is 20.6. The van der Waals surface area contributed by atoms with Crippen molar-refractivity contribution in [2.75, 3.05) is 16.8 Å². The van der Waals surface area contributed by atoms with Crippen molar-refractivity contribution < 1.29 is 18.0 Å². The van der Waals surface area contributed by atoms with Gasteiger partial charge in [-0.25, -0.2) is 8.42 Å². The Balaban J connectivity index is 1.60. The number of carbonyl (C=O) groups excluding carboxylic acids is 2. The number of aryl methyl sites for hydroxylation is 2. The summed E-state index contributed by atoms with van der Waals surface area (Å²) >= 11 is 1.46. The fourth-order valence-corrected chi connectivity index (χ4v) is 6.90. The van der Waals surface area contributed by atoms with E-state index in [-0.39, 0.29) is 29.4 Å². The van der Waals surface area contributed by atoms with Gasteiger partial charge in [-0.1, -0.05) is 17.7 Å². The van der Waals surface area contributed by atoms with Crippen LogP contribution in [0.4, 0.5) is 5.00 Å². The monoisotopic (exact) mass is 432 g/mol. The molecule has 154 valence electrons. The van der Waals surface area contributed by atoms with Gasteiger partial charge in [-0.2, -0.15) is 0 Å². The molecule has 1 aromatic carbocycles. The number of rotatable bonds is 4. The average molecular weight is 433 g/mol. The van der Waals surface area contributed by atoms with Crippen molar-refractivity contribution in [2.45, 2.75) is 45.1 Å². The third-order valence-electron chi connectivity index (χ3n) is 5.51. The van der Waals surface area contributed by atoms with Gasteiger partial charge >= 0.3 is 0 Å². The van der Waals surface area contributed by atoms with Crippen molar-refractivity contribution in [3.05, 3.63) is 51.4 Å². The number of hydrogen-bond donors (Lipinski definition) is 2. The lowest BCUT2D eigenvalue weighted by Crippen LogP contribution is -2.36. The lowest BCUT2D eigenvalue weighted by Gasteiger charge is -2.15. The van der Waals surface area contributed by atoms with E-state index in [4.69, 9.17) is 0 Å². The van der Waals surface area contributed by atoms with Crippen molar-refractivity contribution >= 4 is 38.0 Å². The number of benzene rings is 1. The van der Waals surface area contributed by atoms with Gasteiger partial charge in [-0.05, 0) is 56.7 Å². The summed E-state index contributed by atoms with van der Waals surface area (Å²) in [4.78, 5) is 26.9. The van der Waals surface area contributed by atoms with Crippen LogP contribution in [0.2, 0.25) is 0 Å². The largest absolute Gasteiger partial charge is 0.348 e. The predicted octanol–water partition coefficient (Wildman–Crippen LogP) is 3.10. The van der Waals surface area contributed by atoms with E-state index in [1.54, 1.807) is 12.1 Å². The molecular formula is C21H24N2O4S2. The fourth-order valence-electron chi connectivity index (χ4n) is 3.94. The van der Waals surface area contributed by atoms with Crippen LogP contribution in [0.5, 0.6) is 0 Å². The van der Waals surface area contributed by atoms with E-state index >= 15 is 0 Å². The lowest BCUT2D eigenvalue weighted by molar-refractivity contribution is 0.0941. The SMILES string of the molecule is Cc1ccc(C(=O)Nc2sc3c(c2C(=O)NC2CCS(=O)(=O)C2)CCCC3)cc1. The van der Waals surface area contributed by atoms with Gasteiger partial charge in [0.15, 0.2) is 9.84 Å². The minimum absolute atomic E-state index is 0.0177. The van der Waals surface area contributed by atoms with Crippen molar-refractivity contribution in [1.29, 1.82) is 0 Å². The summed E-state index contributed by atoms with van der Waals surface area (Å²) in [5.74, 6) is -0.445. The van der Waals surface area contributed by atoms with Crippen LogP contribution in [0.25, 0.3) is 0 Å². The number of thiophene rings is 1. The van der Waals surface area contributed by atoms with E-state index in [9.17, 15) is 18.0 Å². The highest BCUT2D eigenvalue weighted by Gasteiger charge is 2.32. The fraction of sp³-hybridized carbons (Fsp3) is 0.429. The first-order valence-electron chi connectivity index (χ1n) is 9.86. The molecule has 0 radical (unpaired) electrons. The van der Waals surface area contributed by atoms with Gasteiger partial charge in [0.05, 0.1) is 17.1 Å². The van der Waals surface area contributed by atoms with Gasteiger partial charge in [0.2, 0.25) is 0 Å². The second kappa shape index (κ2) is 7.91. The third kappa shape index (κ3) is 4.38. The molecule has 0 saturated carbocycles. The van der Waals surface area contributed by atoms with E-state index in [1.807, 2.05) is 19.1 Å². The van der Waals surface area contributed by atoms with Crippen LogP contribution in [0, 0.1) is 6.92 Å². The Morgan fingerprint density at radius 3 is 2.48 bits per heavy atom. The summed E-state index contributed by atoms with van der Waals surface area (Å²) in [6.45, 7) is 1.96. The molecule has 0 spiro atoms. The Kier molecular flexibility index (Phi) is 5.48. The van der Waals surface area contributed by atoms with Gasteiger partial charge < -0.3 is 10.6 Å². The molecule has 1 aliphatic heterocycles. The van der Waals surface area contributed by atoms with Crippen molar-refractivity contribution in [3.8, 4) is 0 Å². The number of fused-ring (bicyclic) bond motifs is 1. The molecular weight excluding hydrogens is 408 g/mol. The Labute approximate surface area is 174 Å². The molecule has 1 saturated heterocycles. The Morgan fingerprint density at radius 1 is 1.07 bits per heavy atom. The molecule has 1 unspecified atom stereocenters. The van der Waals surface area contributed by atoms with Crippen LogP contribution >= 0.6 is 11.3 Å². The summed E-state index contributed by atoms with van der Waals surface area (Å²) in [7, 11) is -3.08. The van der Waals surface area contributed by atoms with Crippen LogP contribution in [0.1, 0.15) is 56.0 Å². The van der Waals surface area contributed by atoms with E-state index in [0.29, 0.717) is 22.5 Å². The standard InChI is InChI=1S/C21H24N2O4S2/c1-13-6-8-14(9-7-13)19(24)23-21-18(16-4-2-3-5-17(16)28-21)20(25)22-15-10-11-29(26,27)12-15/h6-9,15H,2-5,10-12H2,1H3,(H,22,25)(H,23,24). The smallest absolute Gasteiger partial charge is 0.256 e. The second-order valence-corrected chi connectivity index (χ2v) is 11.1. The second-order valence-electron chi connectivity index (χ2n) is 7.81. The van der Waals surface area contributed by atoms with E-state index in [1.165, 1.54) is 11.3 Å². The van der Waals surface area contributed by atoms with Gasteiger partial charge in [0.1, 0.15) is 5.00 Å². The Morgan fingerprint density at radius 2 is 1.79 bits per heavy atom. The molecule has 6 nitrogen and oxygen atoms in total. The van der Waals surface area contributed by atoms with E-state index in [2.05, 4.69) is 10.6 Å². The normalized spacial score (nSPS) is 20.1. The highest BCUT2D eigenvalue weighted by molar-refractivity contribution is 7.91. The quantitative estimate of drug-likeness (QED) is 0.777. The van der Waals surface area contributed by atoms with E-state index < -0.39 is 9.84 Å². The highest BCUT2D eigenvalue weighted by Crippen LogP contribution is 2.38. The minimum atomic E-state index is -3.08. The molecule has 2 N–H and O–H groups in total. The maximum Gasteiger partial charge on any atom is 0.256 e. The molecule has 1 fully saturated rings. The van der Waals surface area contributed by atoms with Gasteiger partial charge in [-0.15, -0.1) is 11.3 Å². The molecule has 8 heteroatoms. The summed E-state index contributed by atoms with van der Waals surface area (Å²) in [5.41, 5.74) is 3.11. The number of carbonyl (C=O) groups is 2. The number of anilines is 1. The number of nitrogens with one attached hydrogen (secondary N) is 2. The average Bonchev–Trinajstić information content (AvgIpc) is 3.21. The third-order valence-corrected chi connectivity index (χ3v) is 8.48. The maximum atomic E-state index is 13.1. The first-order valence-corrected chi connectivity index (χ1v) is 12.5. The lowest BCUT2D eigenvalue weighted by atomic mass is 9.95. The molecule has 0 bridgehead atoms. The van der Waals surface area contributed by atoms with Crippen molar-refractivity contribution in [3.63, 3.8) is 0 Å². The molecule has 2 aliphatic rings. The first kappa shape index (κ1) is 20.1. The Hall–Kier alpha value is -2.19. The minimum Gasteiger partial charge on any atom is -0.348 e. The van der Waals surface area contributed by atoms with Crippen molar-refractivity contribution in [1.82, 2.24) is 5.32 Å². The van der Waals surface area contributed by atoms with Crippen LogP contribution in [0.15, 0.2) is 24.3 Å². The highest BCUT2D eigenvalue weighted by atomic mass is 32.2. The first-order chi connectivity index (χ1) is 13.8. The topological polar surface area (TPSA) is 92.3 Å². The Bertz CT molecular complexity index is 1060. The number of amides is 2. The molecule has 1 aromatic heterocycles. The van der Waals surface area contributed by atoms with Crippen LogP contribution in [-0.4, -0.2) is 37.8 Å². The molecule has 2 amide bonds. The molecule has 2 heterocycles. The molecule has 29 heavy (non-hydrogen) atoms. The molecule has 1 atom stereocenters. The number of hydrogen-bond acceptors (Lipinski definition) is 5. The van der Waals surface area contributed by atoms with Gasteiger partial charge in [0, 0.05) is 16.5 Å². The number of sulfone groups is 1. The summed E-state index contributed by atoms with van der Waals surface area (Å²) in [6.07, 6.45) is 4.22. The van der Waals surface area contributed by atoms with Crippen LogP contribution in [0.3, 0.4) is 0 Å². The molecule has 1 aliphatic carbocycles. The summed E-state index contributed by atoms with van der Waals surface area (Å²) in [5, 5.41) is 6.37. The van der Waals surface area contributed by atoms with Gasteiger partial charge in [-0.3, -0.25) is 9.59 Å². The molecule has 2 aromatic rings.